The van der Waals surface area contributed by atoms with Gasteiger partial charge in [-0.15, -0.1) is 6.58 Å². The zero-order chi connectivity index (χ0) is 27.4. The molecule has 1 aliphatic heterocycles. The van der Waals surface area contributed by atoms with Crippen molar-refractivity contribution in [3.63, 3.8) is 0 Å². The number of barbiturate groups is 1. The van der Waals surface area contributed by atoms with Gasteiger partial charge in [0.15, 0.2) is 11.5 Å². The molecule has 4 rings (SSSR count). The number of urea groups is 1. The van der Waals surface area contributed by atoms with Crippen molar-refractivity contribution in [1.82, 2.24) is 5.32 Å². The molecule has 1 N–H and O–H groups in total. The summed E-state index contributed by atoms with van der Waals surface area (Å²) in [6.07, 6.45) is 3.49. The molecule has 8 heteroatoms. The normalized spacial score (nSPS) is 14.5. The lowest BCUT2D eigenvalue weighted by molar-refractivity contribution is -0.122. The van der Waals surface area contributed by atoms with Crippen molar-refractivity contribution in [3.05, 3.63) is 106 Å². The number of nitrogens with zero attached hydrogens (tertiary/aromatic N) is 1. The third-order valence-electron chi connectivity index (χ3n) is 6.17. The SMILES string of the molecule is C=CCc1cc(/C=C2\C(=O)NC(=O)N(c3ccc(C)c(C)c3)C2=O)cc(OC)c1OCc1cccc(F)c1. The van der Waals surface area contributed by atoms with Crippen LogP contribution in [0, 0.1) is 19.7 Å². The van der Waals surface area contributed by atoms with Gasteiger partial charge in [0.25, 0.3) is 11.8 Å². The predicted octanol–water partition coefficient (Wildman–Crippen LogP) is 5.43. The van der Waals surface area contributed by atoms with Gasteiger partial charge in [-0.25, -0.2) is 14.1 Å². The van der Waals surface area contributed by atoms with Crippen molar-refractivity contribution >= 4 is 29.6 Å². The van der Waals surface area contributed by atoms with Crippen molar-refractivity contribution in [2.45, 2.75) is 26.9 Å². The number of methoxy groups -OCH3 is 1. The molecule has 0 aromatic heterocycles. The monoisotopic (exact) mass is 514 g/mol. The van der Waals surface area contributed by atoms with E-state index in [4.69, 9.17) is 9.47 Å². The number of anilines is 1. The first-order valence-corrected chi connectivity index (χ1v) is 11.9. The van der Waals surface area contributed by atoms with Crippen molar-refractivity contribution in [2.75, 3.05) is 12.0 Å². The zero-order valence-electron chi connectivity index (χ0n) is 21.3. The van der Waals surface area contributed by atoms with Gasteiger partial charge >= 0.3 is 6.03 Å². The van der Waals surface area contributed by atoms with Crippen LogP contribution in [0.15, 0.2) is 72.8 Å². The molecule has 0 spiro atoms. The standard InChI is InChI=1S/C30H27FN2O5/c1-5-7-22-13-21(16-26(37-4)27(22)38-17-20-8-6-9-23(31)14-20)15-25-28(34)32-30(36)33(29(25)35)24-11-10-18(2)19(3)12-24/h5-6,8-16H,1,7,17H2,2-4H3,(H,32,34,36)/b25-15+. The van der Waals surface area contributed by atoms with Crippen molar-refractivity contribution in [2.24, 2.45) is 0 Å². The van der Waals surface area contributed by atoms with E-state index in [2.05, 4.69) is 11.9 Å². The molecule has 1 saturated heterocycles. The second-order valence-corrected chi connectivity index (χ2v) is 8.85. The molecule has 0 aliphatic carbocycles. The molecule has 1 aliphatic rings. The molecule has 0 bridgehead atoms. The van der Waals surface area contributed by atoms with Gasteiger partial charge in [-0.2, -0.15) is 0 Å². The number of benzene rings is 3. The molecule has 3 aromatic rings. The fraction of sp³-hybridized carbons (Fsp3) is 0.167. The Balaban J connectivity index is 1.70. The summed E-state index contributed by atoms with van der Waals surface area (Å²) in [4.78, 5) is 39.5. The number of carbonyl (C=O) groups is 3. The average Bonchev–Trinajstić information content (AvgIpc) is 2.87. The van der Waals surface area contributed by atoms with E-state index in [1.807, 2.05) is 13.8 Å². The van der Waals surface area contributed by atoms with Crippen molar-refractivity contribution in [1.29, 1.82) is 0 Å². The van der Waals surface area contributed by atoms with E-state index in [0.717, 1.165) is 16.0 Å². The number of rotatable bonds is 8. The number of halogens is 1. The van der Waals surface area contributed by atoms with Gasteiger partial charge in [-0.3, -0.25) is 14.9 Å². The van der Waals surface area contributed by atoms with Crippen LogP contribution < -0.4 is 19.7 Å². The molecule has 0 saturated carbocycles. The van der Waals surface area contributed by atoms with Crippen LogP contribution in [0.4, 0.5) is 14.9 Å². The molecular formula is C30H27FN2O5. The van der Waals surface area contributed by atoms with Gasteiger partial charge in [0.2, 0.25) is 0 Å². The highest BCUT2D eigenvalue weighted by atomic mass is 19.1. The Hall–Kier alpha value is -4.72. The molecule has 38 heavy (non-hydrogen) atoms. The summed E-state index contributed by atoms with van der Waals surface area (Å²) in [5.41, 5.74) is 3.88. The number of ether oxygens (including phenoxy) is 2. The molecular weight excluding hydrogens is 487 g/mol. The Kier molecular flexibility index (Phi) is 7.71. The van der Waals surface area contributed by atoms with Gasteiger partial charge in [-0.05, 0) is 85.0 Å². The van der Waals surface area contributed by atoms with Gasteiger partial charge in [0, 0.05) is 5.56 Å². The number of carbonyl (C=O) groups excluding carboxylic acids is 3. The van der Waals surface area contributed by atoms with Crippen LogP contribution in [0.3, 0.4) is 0 Å². The zero-order valence-corrected chi connectivity index (χ0v) is 21.3. The van der Waals surface area contributed by atoms with Crippen LogP contribution in [0.5, 0.6) is 11.5 Å². The number of hydrogen-bond acceptors (Lipinski definition) is 5. The highest BCUT2D eigenvalue weighted by Crippen LogP contribution is 2.35. The number of imide groups is 2. The van der Waals surface area contributed by atoms with Crippen molar-refractivity contribution < 1.29 is 28.2 Å². The summed E-state index contributed by atoms with van der Waals surface area (Å²) in [6.45, 7) is 7.69. The largest absolute Gasteiger partial charge is 0.493 e. The first kappa shape index (κ1) is 26.3. The lowest BCUT2D eigenvalue weighted by atomic mass is 10.0. The first-order chi connectivity index (χ1) is 18.2. The number of hydrogen-bond donors (Lipinski definition) is 1. The van der Waals surface area contributed by atoms with Crippen LogP contribution in [-0.4, -0.2) is 25.0 Å². The lowest BCUT2D eigenvalue weighted by Gasteiger charge is -2.27. The Labute approximate surface area is 220 Å². The van der Waals surface area contributed by atoms with Crippen LogP contribution in [0.2, 0.25) is 0 Å². The number of nitrogens with one attached hydrogen (secondary N) is 1. The summed E-state index contributed by atoms with van der Waals surface area (Å²) in [6, 6.07) is 13.8. The second kappa shape index (κ2) is 11.1. The van der Waals surface area contributed by atoms with E-state index in [0.29, 0.717) is 40.3 Å². The van der Waals surface area contributed by atoms with E-state index >= 15 is 0 Å². The number of amides is 4. The predicted molar refractivity (Wildman–Crippen MR) is 143 cm³/mol. The summed E-state index contributed by atoms with van der Waals surface area (Å²) in [7, 11) is 1.47. The van der Waals surface area contributed by atoms with E-state index in [1.54, 1.807) is 48.5 Å². The highest BCUT2D eigenvalue weighted by molar-refractivity contribution is 6.39. The fourth-order valence-corrected chi connectivity index (χ4v) is 4.10. The molecule has 3 aromatic carbocycles. The Morgan fingerprint density at radius 3 is 2.50 bits per heavy atom. The smallest absolute Gasteiger partial charge is 0.335 e. The molecule has 4 amide bonds. The Morgan fingerprint density at radius 2 is 1.82 bits per heavy atom. The molecule has 194 valence electrons. The maximum atomic E-state index is 13.6. The topological polar surface area (TPSA) is 84.9 Å². The van der Waals surface area contributed by atoms with E-state index in [1.165, 1.54) is 25.3 Å². The van der Waals surface area contributed by atoms with E-state index in [-0.39, 0.29) is 18.0 Å². The molecule has 0 atom stereocenters. The minimum Gasteiger partial charge on any atom is -0.493 e. The first-order valence-electron chi connectivity index (χ1n) is 11.9. The van der Waals surface area contributed by atoms with Crippen LogP contribution in [-0.2, 0) is 22.6 Å². The second-order valence-electron chi connectivity index (χ2n) is 8.85. The fourth-order valence-electron chi connectivity index (χ4n) is 4.10. The number of allylic oxidation sites excluding steroid dienone is 1. The summed E-state index contributed by atoms with van der Waals surface area (Å²) in [5, 5.41) is 2.24. The molecule has 0 radical (unpaired) electrons. The van der Waals surface area contributed by atoms with Gasteiger partial charge in [0.05, 0.1) is 12.8 Å². The third-order valence-corrected chi connectivity index (χ3v) is 6.17. The maximum Gasteiger partial charge on any atom is 0.335 e. The van der Waals surface area contributed by atoms with E-state index < -0.39 is 17.8 Å². The Morgan fingerprint density at radius 1 is 1.03 bits per heavy atom. The summed E-state index contributed by atoms with van der Waals surface area (Å²) < 4.78 is 25.1. The molecule has 7 nitrogen and oxygen atoms in total. The van der Waals surface area contributed by atoms with Crippen LogP contribution in [0.1, 0.15) is 27.8 Å². The summed E-state index contributed by atoms with van der Waals surface area (Å²) in [5.74, 6) is -1.10. The lowest BCUT2D eigenvalue weighted by Crippen LogP contribution is -2.54. The van der Waals surface area contributed by atoms with Crippen LogP contribution in [0.25, 0.3) is 6.08 Å². The van der Waals surface area contributed by atoms with E-state index in [9.17, 15) is 18.8 Å². The summed E-state index contributed by atoms with van der Waals surface area (Å²) >= 11 is 0. The Bertz CT molecular complexity index is 1480. The third kappa shape index (κ3) is 5.49. The minimum atomic E-state index is -0.813. The van der Waals surface area contributed by atoms with Gasteiger partial charge in [-0.1, -0.05) is 24.3 Å². The molecule has 1 heterocycles. The molecule has 0 unspecified atom stereocenters. The van der Waals surface area contributed by atoms with Crippen LogP contribution >= 0.6 is 0 Å². The maximum absolute atomic E-state index is 13.6. The van der Waals surface area contributed by atoms with Crippen molar-refractivity contribution in [3.8, 4) is 11.5 Å². The highest BCUT2D eigenvalue weighted by Gasteiger charge is 2.37. The number of aryl methyl sites for hydroxylation is 2. The quantitative estimate of drug-likeness (QED) is 0.246. The molecule has 1 fully saturated rings. The minimum absolute atomic E-state index is 0.104. The van der Waals surface area contributed by atoms with Gasteiger partial charge in [0.1, 0.15) is 18.0 Å². The average molecular weight is 515 g/mol. The van der Waals surface area contributed by atoms with Gasteiger partial charge < -0.3 is 9.47 Å².